The molecule has 0 bridgehead atoms. The Balaban J connectivity index is 1.73. The third kappa shape index (κ3) is 3.70. The van der Waals surface area contributed by atoms with Crippen molar-refractivity contribution in [3.8, 4) is 27.6 Å². The van der Waals surface area contributed by atoms with Gasteiger partial charge in [0.25, 0.3) is 0 Å². The van der Waals surface area contributed by atoms with E-state index >= 15 is 0 Å². The molecular formula is C19H13ClF3N5S. The summed E-state index contributed by atoms with van der Waals surface area (Å²) in [5.41, 5.74) is 8.36. The summed E-state index contributed by atoms with van der Waals surface area (Å²) in [5, 5.41) is 10.3. The van der Waals surface area contributed by atoms with Crippen molar-refractivity contribution in [3.63, 3.8) is 0 Å². The monoisotopic (exact) mass is 435 g/mol. The summed E-state index contributed by atoms with van der Waals surface area (Å²) < 4.78 is 40.2. The first-order valence-corrected chi connectivity index (χ1v) is 9.61. The average Bonchev–Trinajstić information content (AvgIpc) is 3.29. The lowest BCUT2D eigenvalue weighted by atomic mass is 10.1. The molecular weight excluding hydrogens is 423 g/mol. The molecule has 5 nitrogen and oxygen atoms in total. The lowest BCUT2D eigenvalue weighted by Gasteiger charge is -2.11. The second-order valence-corrected chi connectivity index (χ2v) is 7.57. The molecule has 2 N–H and O–H groups in total. The van der Waals surface area contributed by atoms with Gasteiger partial charge in [0.1, 0.15) is 5.01 Å². The van der Waals surface area contributed by atoms with Crippen LogP contribution in [-0.4, -0.2) is 20.0 Å². The maximum Gasteiger partial charge on any atom is 0.416 e. The van der Waals surface area contributed by atoms with Crippen LogP contribution in [0.4, 0.5) is 19.0 Å². The molecule has 29 heavy (non-hydrogen) atoms. The maximum atomic E-state index is 13.0. The molecule has 2 aromatic heterocycles. The fourth-order valence-electron chi connectivity index (χ4n) is 2.71. The largest absolute Gasteiger partial charge is 0.416 e. The summed E-state index contributed by atoms with van der Waals surface area (Å²) in [6, 6.07) is 10.8. The molecule has 0 aliphatic rings. The van der Waals surface area contributed by atoms with Crippen LogP contribution in [0, 0.1) is 6.92 Å². The van der Waals surface area contributed by atoms with E-state index in [1.54, 1.807) is 0 Å². The number of halogens is 4. The Bertz CT molecular complexity index is 1180. The minimum Gasteiger partial charge on any atom is -0.382 e. The van der Waals surface area contributed by atoms with Gasteiger partial charge >= 0.3 is 6.18 Å². The van der Waals surface area contributed by atoms with Gasteiger partial charge in [-0.3, -0.25) is 0 Å². The minimum atomic E-state index is -4.52. The van der Waals surface area contributed by atoms with Crippen molar-refractivity contribution in [2.75, 3.05) is 5.73 Å². The van der Waals surface area contributed by atoms with Crippen LogP contribution in [0.2, 0.25) is 5.02 Å². The van der Waals surface area contributed by atoms with Gasteiger partial charge in [-0.2, -0.15) is 17.9 Å². The molecule has 0 atom stereocenters. The Morgan fingerprint density at radius 3 is 2.52 bits per heavy atom. The number of hydrogen-bond donors (Lipinski definition) is 1. The van der Waals surface area contributed by atoms with Crippen molar-refractivity contribution in [2.24, 2.45) is 0 Å². The zero-order chi connectivity index (χ0) is 20.8. The Morgan fingerprint density at radius 1 is 1.10 bits per heavy atom. The van der Waals surface area contributed by atoms with Gasteiger partial charge in [-0.15, -0.1) is 16.4 Å². The molecule has 0 aliphatic carbocycles. The number of nitrogens with zero attached hydrogens (tertiary/aromatic N) is 4. The fraction of sp³-hybridized carbons (Fsp3) is 0.105. The number of benzene rings is 2. The summed E-state index contributed by atoms with van der Waals surface area (Å²) >= 11 is 7.40. The van der Waals surface area contributed by atoms with Crippen molar-refractivity contribution in [3.05, 3.63) is 64.0 Å². The predicted molar refractivity (Wildman–Crippen MR) is 107 cm³/mol. The summed E-state index contributed by atoms with van der Waals surface area (Å²) in [5.74, 6) is 0.0519. The standard InChI is InChI=1S/C19H13ClF3N5S/c1-10-2-4-11(5-3-10)14-9-29-18(25-14)16-17(24)28(27-26-16)15-8-12(19(21,22)23)6-7-13(15)20/h2-9H,24H2,1H3. The van der Waals surface area contributed by atoms with Crippen LogP contribution < -0.4 is 5.73 Å². The van der Waals surface area contributed by atoms with Crippen molar-refractivity contribution in [1.82, 2.24) is 20.0 Å². The summed E-state index contributed by atoms with van der Waals surface area (Å²) in [7, 11) is 0. The normalized spacial score (nSPS) is 11.8. The van der Waals surface area contributed by atoms with E-state index in [0.29, 0.717) is 5.01 Å². The van der Waals surface area contributed by atoms with Crippen LogP contribution in [0.15, 0.2) is 47.8 Å². The molecule has 0 unspecified atom stereocenters. The molecule has 0 radical (unpaired) electrons. The third-order valence-corrected chi connectivity index (χ3v) is 5.43. The highest BCUT2D eigenvalue weighted by Crippen LogP contribution is 2.36. The Hall–Kier alpha value is -2.91. The number of aryl methyl sites for hydroxylation is 1. The highest BCUT2D eigenvalue weighted by Gasteiger charge is 2.31. The van der Waals surface area contributed by atoms with E-state index in [1.807, 2.05) is 36.6 Å². The van der Waals surface area contributed by atoms with E-state index in [-0.39, 0.29) is 22.2 Å². The number of anilines is 1. The topological polar surface area (TPSA) is 69.6 Å². The van der Waals surface area contributed by atoms with E-state index in [1.165, 1.54) is 11.3 Å². The second kappa shape index (κ2) is 7.16. The van der Waals surface area contributed by atoms with Crippen LogP contribution in [0.3, 0.4) is 0 Å². The van der Waals surface area contributed by atoms with Gasteiger partial charge in [-0.25, -0.2) is 4.98 Å². The Labute approximate surface area is 172 Å². The molecule has 0 saturated heterocycles. The first-order chi connectivity index (χ1) is 13.7. The van der Waals surface area contributed by atoms with Gasteiger partial charge < -0.3 is 5.73 Å². The summed E-state index contributed by atoms with van der Waals surface area (Å²) in [6.07, 6.45) is -4.52. The average molecular weight is 436 g/mol. The van der Waals surface area contributed by atoms with Gasteiger partial charge in [0.05, 0.1) is 22.0 Å². The highest BCUT2D eigenvalue weighted by atomic mass is 35.5. The third-order valence-electron chi connectivity index (χ3n) is 4.26. The van der Waals surface area contributed by atoms with Crippen LogP contribution in [0.5, 0.6) is 0 Å². The Morgan fingerprint density at radius 2 is 1.83 bits per heavy atom. The van der Waals surface area contributed by atoms with Crippen molar-refractivity contribution in [1.29, 1.82) is 0 Å². The van der Waals surface area contributed by atoms with Crippen molar-refractivity contribution >= 4 is 28.8 Å². The molecule has 0 aliphatic heterocycles. The molecule has 4 aromatic rings. The molecule has 148 valence electrons. The summed E-state index contributed by atoms with van der Waals surface area (Å²) in [4.78, 5) is 4.54. The molecule has 0 fully saturated rings. The zero-order valence-corrected chi connectivity index (χ0v) is 16.5. The molecule has 2 aromatic carbocycles. The number of rotatable bonds is 3. The molecule has 10 heteroatoms. The zero-order valence-electron chi connectivity index (χ0n) is 14.9. The van der Waals surface area contributed by atoms with Gasteiger partial charge in [0.15, 0.2) is 11.5 Å². The van der Waals surface area contributed by atoms with Crippen LogP contribution in [0.1, 0.15) is 11.1 Å². The lowest BCUT2D eigenvalue weighted by Crippen LogP contribution is -2.08. The van der Waals surface area contributed by atoms with Gasteiger partial charge in [0, 0.05) is 10.9 Å². The molecule has 2 heterocycles. The number of thiazole rings is 1. The van der Waals surface area contributed by atoms with Gasteiger partial charge in [-0.1, -0.05) is 46.6 Å². The molecule has 0 saturated carbocycles. The second-order valence-electron chi connectivity index (χ2n) is 6.30. The number of hydrogen-bond acceptors (Lipinski definition) is 5. The first kappa shape index (κ1) is 19.4. The van der Waals surface area contributed by atoms with E-state index in [4.69, 9.17) is 17.3 Å². The van der Waals surface area contributed by atoms with Crippen LogP contribution >= 0.6 is 22.9 Å². The SMILES string of the molecule is Cc1ccc(-c2csc(-c3nnn(-c4cc(C(F)(F)F)ccc4Cl)c3N)n2)cc1. The number of nitrogens with two attached hydrogens (primary N) is 1. The van der Waals surface area contributed by atoms with E-state index < -0.39 is 11.7 Å². The quantitative estimate of drug-likeness (QED) is 0.453. The maximum absolute atomic E-state index is 13.0. The van der Waals surface area contributed by atoms with Gasteiger partial charge in [-0.05, 0) is 25.1 Å². The molecule has 0 spiro atoms. The highest BCUT2D eigenvalue weighted by molar-refractivity contribution is 7.13. The Kier molecular flexibility index (Phi) is 4.79. The minimum absolute atomic E-state index is 0.00643. The number of nitrogen functional groups attached to an aromatic ring is 1. The summed E-state index contributed by atoms with van der Waals surface area (Å²) in [6.45, 7) is 1.99. The van der Waals surface area contributed by atoms with Crippen LogP contribution in [-0.2, 0) is 6.18 Å². The van der Waals surface area contributed by atoms with Crippen LogP contribution in [0.25, 0.3) is 27.6 Å². The van der Waals surface area contributed by atoms with E-state index in [2.05, 4.69) is 15.3 Å². The fourth-order valence-corrected chi connectivity index (χ4v) is 3.73. The van der Waals surface area contributed by atoms with Gasteiger partial charge in [0.2, 0.25) is 0 Å². The smallest absolute Gasteiger partial charge is 0.382 e. The lowest BCUT2D eigenvalue weighted by molar-refractivity contribution is -0.137. The van der Waals surface area contributed by atoms with Crippen molar-refractivity contribution < 1.29 is 13.2 Å². The predicted octanol–water partition coefficient (Wildman–Crippen LogP) is 5.62. The molecule has 4 rings (SSSR count). The number of aromatic nitrogens is 4. The number of alkyl halides is 3. The molecule has 0 amide bonds. The first-order valence-electron chi connectivity index (χ1n) is 8.35. The van der Waals surface area contributed by atoms with E-state index in [9.17, 15) is 13.2 Å². The van der Waals surface area contributed by atoms with Crippen molar-refractivity contribution in [2.45, 2.75) is 13.1 Å². The van der Waals surface area contributed by atoms with E-state index in [0.717, 1.165) is 39.7 Å².